The second-order valence-corrected chi connectivity index (χ2v) is 9.11. The largest absolute Gasteiger partial charge is 0.496 e. The van der Waals surface area contributed by atoms with Crippen LogP contribution in [0.2, 0.25) is 0 Å². The molecule has 118 valence electrons. The van der Waals surface area contributed by atoms with E-state index in [1.807, 2.05) is 0 Å². The standard InChI is InChI=1S/C14H20BrNO3S2/c1-19-13-6-5-11(9-12(13)15)21(17,18)16-10-14(20-2)7-3-4-8-14/h5-6,9,16H,3-4,7-8,10H2,1-2H3. The van der Waals surface area contributed by atoms with Gasteiger partial charge in [0.15, 0.2) is 0 Å². The molecule has 21 heavy (non-hydrogen) atoms. The fourth-order valence-electron chi connectivity index (χ4n) is 2.60. The molecule has 1 aliphatic rings. The zero-order valence-electron chi connectivity index (χ0n) is 12.2. The molecular formula is C14H20BrNO3S2. The Bertz CT molecular complexity index is 598. The van der Waals surface area contributed by atoms with Crippen molar-refractivity contribution in [1.29, 1.82) is 0 Å². The maximum atomic E-state index is 12.4. The second-order valence-electron chi connectivity index (χ2n) is 5.22. The molecule has 4 nitrogen and oxygen atoms in total. The van der Waals surface area contributed by atoms with E-state index in [0.29, 0.717) is 16.8 Å². The van der Waals surface area contributed by atoms with Crippen molar-refractivity contribution < 1.29 is 13.2 Å². The third-order valence-electron chi connectivity index (χ3n) is 3.97. The number of ether oxygens (including phenoxy) is 1. The first-order valence-corrected chi connectivity index (χ1v) is 10.3. The van der Waals surface area contributed by atoms with Crippen LogP contribution in [0.25, 0.3) is 0 Å². The third-order valence-corrected chi connectivity index (χ3v) is 7.40. The number of nitrogens with one attached hydrogen (secondary N) is 1. The molecular weight excluding hydrogens is 374 g/mol. The van der Waals surface area contributed by atoms with Gasteiger partial charge in [-0.15, -0.1) is 0 Å². The summed E-state index contributed by atoms with van der Waals surface area (Å²) in [5.41, 5.74) is 0. The summed E-state index contributed by atoms with van der Waals surface area (Å²) < 4.78 is 33.4. The molecule has 0 amide bonds. The molecule has 0 saturated heterocycles. The predicted octanol–water partition coefficient (Wildman–Crippen LogP) is 3.41. The fourth-order valence-corrected chi connectivity index (χ4v) is 5.45. The van der Waals surface area contributed by atoms with Crippen LogP contribution in [-0.4, -0.2) is 33.1 Å². The summed E-state index contributed by atoms with van der Waals surface area (Å²) in [6.07, 6.45) is 6.56. The number of hydrogen-bond acceptors (Lipinski definition) is 4. The Kier molecular flexibility index (Phi) is 5.62. The molecule has 7 heteroatoms. The normalized spacial score (nSPS) is 17.9. The zero-order valence-corrected chi connectivity index (χ0v) is 15.4. The highest BCUT2D eigenvalue weighted by Crippen LogP contribution is 2.39. The minimum atomic E-state index is -3.49. The minimum Gasteiger partial charge on any atom is -0.496 e. The van der Waals surface area contributed by atoms with Gasteiger partial charge in [-0.3, -0.25) is 0 Å². The van der Waals surface area contributed by atoms with Crippen molar-refractivity contribution in [2.24, 2.45) is 0 Å². The van der Waals surface area contributed by atoms with Crippen LogP contribution in [-0.2, 0) is 10.0 Å². The molecule has 0 heterocycles. The van der Waals surface area contributed by atoms with Crippen LogP contribution in [0.15, 0.2) is 27.6 Å². The van der Waals surface area contributed by atoms with E-state index in [1.165, 1.54) is 12.8 Å². The highest BCUT2D eigenvalue weighted by Gasteiger charge is 2.34. The molecule has 0 radical (unpaired) electrons. The SMILES string of the molecule is COc1ccc(S(=O)(=O)NCC2(SC)CCCC2)cc1Br. The number of thioether (sulfide) groups is 1. The molecule has 0 aliphatic heterocycles. The van der Waals surface area contributed by atoms with Gasteiger partial charge >= 0.3 is 0 Å². The van der Waals surface area contributed by atoms with E-state index < -0.39 is 10.0 Å². The topological polar surface area (TPSA) is 55.4 Å². The van der Waals surface area contributed by atoms with Crippen molar-refractivity contribution >= 4 is 37.7 Å². The van der Waals surface area contributed by atoms with Crippen molar-refractivity contribution in [2.75, 3.05) is 19.9 Å². The van der Waals surface area contributed by atoms with Crippen molar-refractivity contribution in [2.45, 2.75) is 35.3 Å². The Morgan fingerprint density at radius 2 is 2.05 bits per heavy atom. The van der Waals surface area contributed by atoms with Crippen LogP contribution >= 0.6 is 27.7 Å². The lowest BCUT2D eigenvalue weighted by Gasteiger charge is -2.26. The lowest BCUT2D eigenvalue weighted by atomic mass is 10.1. The van der Waals surface area contributed by atoms with Crippen molar-refractivity contribution in [1.82, 2.24) is 4.72 Å². The highest BCUT2D eigenvalue weighted by atomic mass is 79.9. The van der Waals surface area contributed by atoms with Crippen molar-refractivity contribution in [3.8, 4) is 5.75 Å². The second kappa shape index (κ2) is 6.89. The lowest BCUT2D eigenvalue weighted by Crippen LogP contribution is -2.38. The molecule has 1 aromatic carbocycles. The summed E-state index contributed by atoms with van der Waals surface area (Å²) in [5.74, 6) is 0.616. The number of benzene rings is 1. The fraction of sp³-hybridized carbons (Fsp3) is 0.571. The van der Waals surface area contributed by atoms with Crippen LogP contribution < -0.4 is 9.46 Å². The summed E-state index contributed by atoms with van der Waals surface area (Å²) in [7, 11) is -1.94. The Hall–Kier alpha value is -0.240. The number of hydrogen-bond donors (Lipinski definition) is 1. The average molecular weight is 394 g/mol. The van der Waals surface area contributed by atoms with E-state index in [2.05, 4.69) is 26.9 Å². The van der Waals surface area contributed by atoms with E-state index >= 15 is 0 Å². The highest BCUT2D eigenvalue weighted by molar-refractivity contribution is 9.10. The Morgan fingerprint density at radius 3 is 2.57 bits per heavy atom. The summed E-state index contributed by atoms with van der Waals surface area (Å²) in [6.45, 7) is 0.486. The third kappa shape index (κ3) is 3.94. The first-order chi connectivity index (χ1) is 9.92. The van der Waals surface area contributed by atoms with Gasteiger partial charge in [0.1, 0.15) is 5.75 Å². The quantitative estimate of drug-likeness (QED) is 0.804. The number of rotatable bonds is 6. The van der Waals surface area contributed by atoms with Gasteiger partial charge in [-0.1, -0.05) is 12.8 Å². The number of halogens is 1. The first-order valence-electron chi connectivity index (χ1n) is 6.81. The maximum Gasteiger partial charge on any atom is 0.240 e. The van der Waals surface area contributed by atoms with E-state index in [1.54, 1.807) is 37.1 Å². The smallest absolute Gasteiger partial charge is 0.240 e. The van der Waals surface area contributed by atoms with Crippen molar-refractivity contribution in [3.05, 3.63) is 22.7 Å². The van der Waals surface area contributed by atoms with E-state index in [-0.39, 0.29) is 9.64 Å². The van der Waals surface area contributed by atoms with Crippen LogP contribution in [0.3, 0.4) is 0 Å². The molecule has 1 aliphatic carbocycles. The molecule has 1 saturated carbocycles. The molecule has 0 aromatic heterocycles. The van der Waals surface area contributed by atoms with Gasteiger partial charge in [-0.25, -0.2) is 13.1 Å². The molecule has 0 bridgehead atoms. The Balaban J connectivity index is 2.13. The first kappa shape index (κ1) is 17.1. The Labute approximate surface area is 139 Å². The number of sulfonamides is 1. The van der Waals surface area contributed by atoms with Gasteiger partial charge in [0.2, 0.25) is 10.0 Å². The molecule has 1 fully saturated rings. The molecule has 1 aromatic rings. The Morgan fingerprint density at radius 1 is 1.38 bits per heavy atom. The van der Waals surface area contributed by atoms with Gasteiger partial charge in [0, 0.05) is 11.3 Å². The van der Waals surface area contributed by atoms with E-state index in [4.69, 9.17) is 4.74 Å². The van der Waals surface area contributed by atoms with Crippen LogP contribution in [0, 0.1) is 0 Å². The monoisotopic (exact) mass is 393 g/mol. The molecule has 2 rings (SSSR count). The summed E-state index contributed by atoms with van der Waals surface area (Å²) in [6, 6.07) is 4.78. The molecule has 0 spiro atoms. The molecule has 0 unspecified atom stereocenters. The van der Waals surface area contributed by atoms with Gasteiger partial charge < -0.3 is 4.74 Å². The number of methoxy groups -OCH3 is 1. The summed E-state index contributed by atoms with van der Waals surface area (Å²) >= 11 is 5.09. The maximum absolute atomic E-state index is 12.4. The van der Waals surface area contributed by atoms with Gasteiger partial charge in [-0.2, -0.15) is 11.8 Å². The zero-order chi connectivity index (χ0) is 15.5. The predicted molar refractivity (Wildman–Crippen MR) is 90.6 cm³/mol. The molecule has 1 N–H and O–H groups in total. The van der Waals surface area contributed by atoms with Gasteiger partial charge in [0.25, 0.3) is 0 Å². The lowest BCUT2D eigenvalue weighted by molar-refractivity contribution is 0.411. The minimum absolute atomic E-state index is 0.0524. The molecule has 0 atom stereocenters. The van der Waals surface area contributed by atoms with Crippen LogP contribution in [0.1, 0.15) is 25.7 Å². The summed E-state index contributed by atoms with van der Waals surface area (Å²) in [5, 5.41) is 0. The average Bonchev–Trinajstić information content (AvgIpc) is 2.95. The van der Waals surface area contributed by atoms with E-state index in [0.717, 1.165) is 12.8 Å². The van der Waals surface area contributed by atoms with Crippen molar-refractivity contribution in [3.63, 3.8) is 0 Å². The summed E-state index contributed by atoms with van der Waals surface area (Å²) in [4.78, 5) is 0.254. The van der Waals surface area contributed by atoms with Gasteiger partial charge in [0.05, 0.1) is 16.5 Å². The van der Waals surface area contributed by atoms with Crippen LogP contribution in [0.4, 0.5) is 0 Å². The van der Waals surface area contributed by atoms with E-state index in [9.17, 15) is 8.42 Å². The van der Waals surface area contributed by atoms with Crippen LogP contribution in [0.5, 0.6) is 5.75 Å². The van der Waals surface area contributed by atoms with Gasteiger partial charge in [-0.05, 0) is 53.2 Å².